The molecule has 102 valence electrons. The predicted molar refractivity (Wildman–Crippen MR) is 68.4 cm³/mol. The number of nitrogens with zero attached hydrogens (tertiary/aromatic N) is 1. The summed E-state index contributed by atoms with van der Waals surface area (Å²) in [5.41, 5.74) is 0.642. The SMILES string of the molecule is CC[C@H](C)C(C(O)O)N1C(=O)c2ccccc2C1=O. The zero-order valence-electron chi connectivity index (χ0n) is 10.9. The Labute approximate surface area is 111 Å². The number of amides is 2. The van der Waals surface area contributed by atoms with Crippen molar-refractivity contribution in [3.63, 3.8) is 0 Å². The Balaban J connectivity index is 2.42. The van der Waals surface area contributed by atoms with Gasteiger partial charge >= 0.3 is 0 Å². The fourth-order valence-electron chi connectivity index (χ4n) is 2.40. The number of hydrogen-bond donors (Lipinski definition) is 2. The van der Waals surface area contributed by atoms with Crippen molar-refractivity contribution in [1.29, 1.82) is 0 Å². The molecule has 0 aromatic heterocycles. The predicted octanol–water partition coefficient (Wildman–Crippen LogP) is 1.01. The average molecular weight is 263 g/mol. The van der Waals surface area contributed by atoms with Gasteiger partial charge in [-0.25, -0.2) is 0 Å². The van der Waals surface area contributed by atoms with E-state index in [0.29, 0.717) is 17.5 Å². The molecular formula is C14H17NO4. The summed E-state index contributed by atoms with van der Waals surface area (Å²) in [6.45, 7) is 3.66. The normalized spacial score (nSPS) is 17.8. The van der Waals surface area contributed by atoms with E-state index < -0.39 is 24.1 Å². The highest BCUT2D eigenvalue weighted by Crippen LogP contribution is 2.28. The Morgan fingerprint density at radius 3 is 1.95 bits per heavy atom. The summed E-state index contributed by atoms with van der Waals surface area (Å²) in [6.07, 6.45) is -1.10. The highest BCUT2D eigenvalue weighted by atomic mass is 16.5. The molecule has 0 aliphatic carbocycles. The van der Waals surface area contributed by atoms with Gasteiger partial charge in [0.15, 0.2) is 6.29 Å². The Morgan fingerprint density at radius 1 is 1.11 bits per heavy atom. The fraction of sp³-hybridized carbons (Fsp3) is 0.429. The van der Waals surface area contributed by atoms with Crippen LogP contribution in [0.1, 0.15) is 41.0 Å². The molecule has 1 unspecified atom stereocenters. The summed E-state index contributed by atoms with van der Waals surface area (Å²) < 4.78 is 0. The summed E-state index contributed by atoms with van der Waals surface area (Å²) in [7, 11) is 0. The second-order valence-electron chi connectivity index (χ2n) is 4.82. The Bertz CT molecular complexity index is 477. The first-order chi connectivity index (χ1) is 8.99. The molecule has 0 bridgehead atoms. The number of benzene rings is 1. The molecular weight excluding hydrogens is 246 g/mol. The van der Waals surface area contributed by atoms with Gasteiger partial charge in [-0.1, -0.05) is 32.4 Å². The molecule has 1 aromatic rings. The van der Waals surface area contributed by atoms with E-state index in [1.807, 2.05) is 6.92 Å². The number of aliphatic hydroxyl groups excluding tert-OH is 1. The summed E-state index contributed by atoms with van der Waals surface area (Å²) in [4.78, 5) is 25.5. The van der Waals surface area contributed by atoms with Crippen molar-refractivity contribution in [1.82, 2.24) is 4.90 Å². The third kappa shape index (κ3) is 2.15. The van der Waals surface area contributed by atoms with Crippen molar-refractivity contribution in [2.75, 3.05) is 0 Å². The van der Waals surface area contributed by atoms with Gasteiger partial charge in [-0.2, -0.15) is 0 Å². The van der Waals surface area contributed by atoms with Crippen LogP contribution in [0.15, 0.2) is 24.3 Å². The van der Waals surface area contributed by atoms with E-state index in [9.17, 15) is 19.8 Å². The summed E-state index contributed by atoms with van der Waals surface area (Å²) >= 11 is 0. The first-order valence-corrected chi connectivity index (χ1v) is 6.32. The minimum absolute atomic E-state index is 0.192. The maximum absolute atomic E-state index is 12.3. The number of fused-ring (bicyclic) bond motifs is 1. The maximum Gasteiger partial charge on any atom is 0.261 e. The molecule has 2 atom stereocenters. The Kier molecular flexibility index (Phi) is 3.68. The largest absolute Gasteiger partial charge is 0.366 e. The molecule has 0 fully saturated rings. The van der Waals surface area contributed by atoms with Crippen molar-refractivity contribution >= 4 is 11.8 Å². The lowest BCUT2D eigenvalue weighted by atomic mass is 9.97. The van der Waals surface area contributed by atoms with E-state index in [1.54, 1.807) is 31.2 Å². The van der Waals surface area contributed by atoms with Gasteiger partial charge in [0.25, 0.3) is 11.8 Å². The van der Waals surface area contributed by atoms with Crippen LogP contribution < -0.4 is 0 Å². The molecule has 1 aliphatic heterocycles. The first-order valence-electron chi connectivity index (χ1n) is 6.32. The molecule has 0 saturated carbocycles. The monoisotopic (exact) mass is 263 g/mol. The van der Waals surface area contributed by atoms with Crippen molar-refractivity contribution in [3.05, 3.63) is 35.4 Å². The zero-order chi connectivity index (χ0) is 14.2. The van der Waals surface area contributed by atoms with Crippen LogP contribution in [0, 0.1) is 5.92 Å². The molecule has 0 saturated heterocycles. The maximum atomic E-state index is 12.3. The molecule has 19 heavy (non-hydrogen) atoms. The average Bonchev–Trinajstić information content (AvgIpc) is 2.64. The lowest BCUT2D eigenvalue weighted by molar-refractivity contribution is -0.1000. The number of carbonyl (C=O) groups excluding carboxylic acids is 2. The second-order valence-corrected chi connectivity index (χ2v) is 4.82. The molecule has 2 N–H and O–H groups in total. The van der Waals surface area contributed by atoms with Crippen molar-refractivity contribution < 1.29 is 19.8 Å². The lowest BCUT2D eigenvalue weighted by Crippen LogP contribution is -2.50. The van der Waals surface area contributed by atoms with Crippen molar-refractivity contribution in [2.45, 2.75) is 32.6 Å². The van der Waals surface area contributed by atoms with Gasteiger partial charge in [-0.3, -0.25) is 14.5 Å². The standard InChI is InChI=1S/C14H17NO4/c1-3-8(2)11(14(18)19)15-12(16)9-6-4-5-7-10(9)13(15)17/h4-8,11,14,18-19H,3H2,1-2H3/t8-,11?/m0/s1. The van der Waals surface area contributed by atoms with Crippen LogP contribution in [0.2, 0.25) is 0 Å². The Hall–Kier alpha value is -1.72. The van der Waals surface area contributed by atoms with Crippen LogP contribution in [0.5, 0.6) is 0 Å². The van der Waals surface area contributed by atoms with Crippen LogP contribution in [0.3, 0.4) is 0 Å². The minimum Gasteiger partial charge on any atom is -0.366 e. The van der Waals surface area contributed by atoms with Gasteiger partial charge in [0.05, 0.1) is 17.2 Å². The molecule has 5 nitrogen and oxygen atoms in total. The Morgan fingerprint density at radius 2 is 1.58 bits per heavy atom. The number of carbonyl (C=O) groups is 2. The molecule has 1 heterocycles. The molecule has 2 rings (SSSR count). The van der Waals surface area contributed by atoms with E-state index in [2.05, 4.69) is 0 Å². The van der Waals surface area contributed by atoms with Gasteiger partial charge in [0.1, 0.15) is 0 Å². The molecule has 1 aliphatic rings. The van der Waals surface area contributed by atoms with E-state index in [-0.39, 0.29) is 5.92 Å². The summed E-state index contributed by atoms with van der Waals surface area (Å²) in [6, 6.07) is 5.60. The quantitative estimate of drug-likeness (QED) is 0.627. The van der Waals surface area contributed by atoms with Crippen LogP contribution in [0.25, 0.3) is 0 Å². The second kappa shape index (κ2) is 5.11. The van der Waals surface area contributed by atoms with Crippen molar-refractivity contribution in [2.24, 2.45) is 5.92 Å². The van der Waals surface area contributed by atoms with E-state index >= 15 is 0 Å². The van der Waals surface area contributed by atoms with Crippen LogP contribution >= 0.6 is 0 Å². The fourth-order valence-corrected chi connectivity index (χ4v) is 2.40. The van der Waals surface area contributed by atoms with E-state index in [1.165, 1.54) is 0 Å². The molecule has 2 amide bonds. The van der Waals surface area contributed by atoms with Gasteiger partial charge in [-0.15, -0.1) is 0 Å². The van der Waals surface area contributed by atoms with Gasteiger partial charge < -0.3 is 10.2 Å². The third-order valence-electron chi connectivity index (χ3n) is 3.66. The van der Waals surface area contributed by atoms with E-state index in [0.717, 1.165) is 4.90 Å². The van der Waals surface area contributed by atoms with Gasteiger partial charge in [0, 0.05) is 0 Å². The molecule has 0 spiro atoms. The highest BCUT2D eigenvalue weighted by Gasteiger charge is 2.43. The third-order valence-corrected chi connectivity index (χ3v) is 3.66. The lowest BCUT2D eigenvalue weighted by Gasteiger charge is -2.31. The summed E-state index contributed by atoms with van der Waals surface area (Å²) in [5.74, 6) is -1.11. The highest BCUT2D eigenvalue weighted by molar-refractivity contribution is 6.21. The molecule has 0 radical (unpaired) electrons. The number of imide groups is 1. The van der Waals surface area contributed by atoms with Crippen molar-refractivity contribution in [3.8, 4) is 0 Å². The number of aliphatic hydroxyl groups is 2. The smallest absolute Gasteiger partial charge is 0.261 e. The van der Waals surface area contributed by atoms with Crippen LogP contribution in [0.4, 0.5) is 0 Å². The first kappa shape index (κ1) is 13.7. The van der Waals surface area contributed by atoms with Gasteiger partial charge in [0.2, 0.25) is 0 Å². The zero-order valence-corrected chi connectivity index (χ0v) is 10.9. The topological polar surface area (TPSA) is 77.8 Å². The van der Waals surface area contributed by atoms with Gasteiger partial charge in [-0.05, 0) is 18.1 Å². The van der Waals surface area contributed by atoms with E-state index in [4.69, 9.17) is 0 Å². The molecule has 5 heteroatoms. The number of hydrogen-bond acceptors (Lipinski definition) is 4. The molecule has 1 aromatic carbocycles. The summed E-state index contributed by atoms with van der Waals surface area (Å²) in [5, 5.41) is 19.0. The minimum atomic E-state index is -1.74. The number of rotatable bonds is 4. The van der Waals surface area contributed by atoms with Crippen LogP contribution in [-0.2, 0) is 0 Å². The van der Waals surface area contributed by atoms with Crippen LogP contribution in [-0.4, -0.2) is 39.3 Å².